The zero-order valence-corrected chi connectivity index (χ0v) is 14.3. The van der Waals surface area contributed by atoms with Crippen LogP contribution in [0, 0.1) is 0 Å². The van der Waals surface area contributed by atoms with Gasteiger partial charge in [-0.15, -0.1) is 0 Å². The van der Waals surface area contributed by atoms with Gasteiger partial charge in [0.15, 0.2) is 0 Å². The van der Waals surface area contributed by atoms with Crippen molar-refractivity contribution in [3.63, 3.8) is 0 Å². The molecule has 1 unspecified atom stereocenters. The van der Waals surface area contributed by atoms with E-state index in [1.807, 2.05) is 33.8 Å². The first-order valence-corrected chi connectivity index (χ1v) is 7.75. The molecule has 0 aliphatic carbocycles. The molecule has 1 aliphatic rings. The quantitative estimate of drug-likeness (QED) is 0.785. The van der Waals surface area contributed by atoms with Crippen molar-refractivity contribution in [3.05, 3.63) is 28.5 Å². The lowest BCUT2D eigenvalue weighted by Gasteiger charge is -2.28. The average molecular weight is 357 g/mol. The fourth-order valence-electron chi connectivity index (χ4n) is 2.59. The van der Waals surface area contributed by atoms with Gasteiger partial charge in [0.2, 0.25) is 0 Å². The highest BCUT2D eigenvalue weighted by Gasteiger charge is 2.46. The van der Waals surface area contributed by atoms with Gasteiger partial charge in [-0.25, -0.2) is 9.78 Å². The lowest BCUT2D eigenvalue weighted by atomic mass is 9.93. The number of hydrogen-bond donors (Lipinski definition) is 1. The van der Waals surface area contributed by atoms with Crippen molar-refractivity contribution in [3.8, 4) is 0 Å². The molecule has 1 aromatic heterocycles. The summed E-state index contributed by atoms with van der Waals surface area (Å²) in [5.74, 6) is 0. The molecule has 1 aliphatic heterocycles. The van der Waals surface area contributed by atoms with Crippen LogP contribution >= 0.6 is 15.9 Å². The van der Waals surface area contributed by atoms with Crippen molar-refractivity contribution in [2.45, 2.75) is 51.4 Å². The third-order valence-electron chi connectivity index (χ3n) is 3.49. The molecular weight excluding hydrogens is 336 g/mol. The molecule has 1 aromatic rings. The summed E-state index contributed by atoms with van der Waals surface area (Å²) in [6.07, 6.45) is 1.71. The third-order valence-corrected chi connectivity index (χ3v) is 4.12. The SMILES string of the molecule is C[C@H]1CC(O)(c2cccnc2Br)CN1C(=O)OC(C)(C)C. The Bertz CT molecular complexity index is 544. The fraction of sp³-hybridized carbons (Fsp3) is 0.600. The van der Waals surface area contributed by atoms with Gasteiger partial charge in [-0.3, -0.25) is 0 Å². The number of aromatic nitrogens is 1. The maximum atomic E-state index is 12.2. The summed E-state index contributed by atoms with van der Waals surface area (Å²) in [7, 11) is 0. The molecule has 2 rings (SSSR count). The van der Waals surface area contributed by atoms with Gasteiger partial charge in [0.25, 0.3) is 0 Å². The van der Waals surface area contributed by atoms with Crippen molar-refractivity contribution < 1.29 is 14.6 Å². The lowest BCUT2D eigenvalue weighted by Crippen LogP contribution is -2.40. The molecule has 2 atom stereocenters. The molecule has 1 N–H and O–H groups in total. The monoisotopic (exact) mass is 356 g/mol. The van der Waals surface area contributed by atoms with Gasteiger partial charge in [-0.05, 0) is 49.7 Å². The van der Waals surface area contributed by atoms with Crippen LogP contribution in [0.15, 0.2) is 22.9 Å². The number of halogens is 1. The van der Waals surface area contributed by atoms with Gasteiger partial charge in [-0.1, -0.05) is 6.07 Å². The van der Waals surface area contributed by atoms with E-state index in [4.69, 9.17) is 4.74 Å². The number of nitrogens with zero attached hydrogens (tertiary/aromatic N) is 2. The highest BCUT2D eigenvalue weighted by atomic mass is 79.9. The Morgan fingerprint density at radius 2 is 2.24 bits per heavy atom. The summed E-state index contributed by atoms with van der Waals surface area (Å²) in [4.78, 5) is 18.0. The van der Waals surface area contributed by atoms with Gasteiger partial charge in [-0.2, -0.15) is 0 Å². The first-order chi connectivity index (χ1) is 9.62. The van der Waals surface area contributed by atoms with Gasteiger partial charge in [0.1, 0.15) is 15.8 Å². The Morgan fingerprint density at radius 1 is 1.57 bits per heavy atom. The van der Waals surface area contributed by atoms with Gasteiger partial charge < -0.3 is 14.7 Å². The van der Waals surface area contributed by atoms with E-state index in [2.05, 4.69) is 20.9 Å². The number of hydrogen-bond acceptors (Lipinski definition) is 4. The van der Waals surface area contributed by atoms with Crippen LogP contribution in [0.5, 0.6) is 0 Å². The van der Waals surface area contributed by atoms with E-state index in [0.29, 0.717) is 16.6 Å². The molecule has 6 heteroatoms. The number of carbonyl (C=O) groups is 1. The predicted molar refractivity (Wildman–Crippen MR) is 82.9 cm³/mol. The van der Waals surface area contributed by atoms with Crippen molar-refractivity contribution in [2.75, 3.05) is 6.54 Å². The van der Waals surface area contributed by atoms with Gasteiger partial charge in [0.05, 0.1) is 6.54 Å². The third kappa shape index (κ3) is 3.55. The Labute approximate surface area is 133 Å². The Kier molecular flexibility index (Phi) is 4.31. The van der Waals surface area contributed by atoms with Gasteiger partial charge >= 0.3 is 6.09 Å². The highest BCUT2D eigenvalue weighted by molar-refractivity contribution is 9.10. The van der Waals surface area contributed by atoms with E-state index in [1.54, 1.807) is 17.2 Å². The minimum atomic E-state index is -1.11. The summed E-state index contributed by atoms with van der Waals surface area (Å²) in [6, 6.07) is 3.50. The second-order valence-electron chi connectivity index (χ2n) is 6.53. The average Bonchev–Trinajstić information content (AvgIpc) is 2.64. The highest BCUT2D eigenvalue weighted by Crippen LogP contribution is 2.38. The van der Waals surface area contributed by atoms with Crippen LogP contribution in [-0.4, -0.2) is 39.3 Å². The number of pyridine rings is 1. The van der Waals surface area contributed by atoms with Crippen LogP contribution in [0.1, 0.15) is 39.7 Å². The molecule has 116 valence electrons. The molecule has 0 radical (unpaired) electrons. The molecule has 1 amide bonds. The zero-order chi connectivity index (χ0) is 15.8. The Hall–Kier alpha value is -1.14. The second kappa shape index (κ2) is 5.57. The van der Waals surface area contributed by atoms with E-state index in [9.17, 15) is 9.90 Å². The van der Waals surface area contributed by atoms with Crippen LogP contribution < -0.4 is 0 Å². The minimum absolute atomic E-state index is 0.100. The van der Waals surface area contributed by atoms with Crippen molar-refractivity contribution in [2.24, 2.45) is 0 Å². The number of amides is 1. The summed E-state index contributed by atoms with van der Waals surface area (Å²) >= 11 is 3.36. The summed E-state index contributed by atoms with van der Waals surface area (Å²) < 4.78 is 6.00. The summed E-state index contributed by atoms with van der Waals surface area (Å²) in [6.45, 7) is 7.60. The molecule has 0 spiro atoms. The van der Waals surface area contributed by atoms with E-state index in [-0.39, 0.29) is 12.6 Å². The van der Waals surface area contributed by atoms with Crippen molar-refractivity contribution in [1.82, 2.24) is 9.88 Å². The molecule has 2 heterocycles. The lowest BCUT2D eigenvalue weighted by molar-refractivity contribution is 0.0116. The zero-order valence-electron chi connectivity index (χ0n) is 12.8. The van der Waals surface area contributed by atoms with Crippen LogP contribution in [0.4, 0.5) is 4.79 Å². The molecule has 21 heavy (non-hydrogen) atoms. The molecule has 5 nitrogen and oxygen atoms in total. The molecular formula is C15H21BrN2O3. The first-order valence-electron chi connectivity index (χ1n) is 6.95. The molecule has 1 fully saturated rings. The normalized spacial score (nSPS) is 26.0. The largest absolute Gasteiger partial charge is 0.444 e. The van der Waals surface area contributed by atoms with Gasteiger partial charge in [0, 0.05) is 24.2 Å². The Balaban J connectivity index is 2.21. The molecule has 0 bridgehead atoms. The Morgan fingerprint density at radius 3 is 2.81 bits per heavy atom. The molecule has 0 saturated carbocycles. The number of β-amino-alcohol motifs (C(OH)–C–C–N with tert-alkyl or cyclic N) is 1. The smallest absolute Gasteiger partial charge is 0.410 e. The maximum Gasteiger partial charge on any atom is 0.410 e. The van der Waals surface area contributed by atoms with Crippen LogP contribution in [0.3, 0.4) is 0 Å². The number of likely N-dealkylation sites (tertiary alicyclic amines) is 1. The van der Waals surface area contributed by atoms with E-state index >= 15 is 0 Å². The topological polar surface area (TPSA) is 62.7 Å². The number of ether oxygens (including phenoxy) is 1. The standard InChI is InChI=1S/C15H21BrN2O3/c1-10-8-15(20,11-6-5-7-17-12(11)16)9-18(10)13(19)21-14(2,3)4/h5-7,10,20H,8-9H2,1-4H3/t10-,15?/m0/s1. The van der Waals surface area contributed by atoms with Crippen LogP contribution in [0.25, 0.3) is 0 Å². The van der Waals surface area contributed by atoms with E-state index < -0.39 is 17.3 Å². The van der Waals surface area contributed by atoms with Crippen molar-refractivity contribution >= 4 is 22.0 Å². The number of rotatable bonds is 1. The number of carbonyl (C=O) groups excluding carboxylic acids is 1. The van der Waals surface area contributed by atoms with E-state index in [1.165, 1.54) is 0 Å². The minimum Gasteiger partial charge on any atom is -0.444 e. The fourth-order valence-corrected chi connectivity index (χ4v) is 3.21. The first kappa shape index (κ1) is 16.2. The second-order valence-corrected chi connectivity index (χ2v) is 7.29. The summed E-state index contributed by atoms with van der Waals surface area (Å²) in [5.41, 5.74) is -0.960. The molecule has 0 aromatic carbocycles. The van der Waals surface area contributed by atoms with Crippen LogP contribution in [-0.2, 0) is 10.3 Å². The van der Waals surface area contributed by atoms with Crippen LogP contribution in [0.2, 0.25) is 0 Å². The summed E-state index contributed by atoms with van der Waals surface area (Å²) in [5, 5.41) is 10.9. The van der Waals surface area contributed by atoms with E-state index in [0.717, 1.165) is 0 Å². The maximum absolute atomic E-state index is 12.2. The predicted octanol–water partition coefficient (Wildman–Crippen LogP) is 3.06. The molecule has 1 saturated heterocycles. The van der Waals surface area contributed by atoms with Crippen molar-refractivity contribution in [1.29, 1.82) is 0 Å². The number of aliphatic hydroxyl groups is 1.